The fourth-order valence-corrected chi connectivity index (χ4v) is 2.39. The maximum absolute atomic E-state index is 13.3. The van der Waals surface area contributed by atoms with Crippen molar-refractivity contribution in [3.8, 4) is 5.75 Å². The van der Waals surface area contributed by atoms with Crippen LogP contribution in [0, 0.1) is 5.82 Å². The van der Waals surface area contributed by atoms with E-state index in [2.05, 4.69) is 0 Å². The standard InChI is InChI=1S/C10H8FNO2S/c1-14-8-6(11)3-2-5-4-7(10(12)13)15-9(5)8/h2-4H,1H3,(H2,12,13). The first-order chi connectivity index (χ1) is 7.13. The summed E-state index contributed by atoms with van der Waals surface area (Å²) < 4.78 is 18.8. The van der Waals surface area contributed by atoms with Crippen molar-refractivity contribution in [2.75, 3.05) is 7.11 Å². The zero-order chi connectivity index (χ0) is 11.0. The molecule has 5 heteroatoms. The number of hydrogen-bond donors (Lipinski definition) is 1. The van der Waals surface area contributed by atoms with Gasteiger partial charge in [-0.25, -0.2) is 4.39 Å². The summed E-state index contributed by atoms with van der Waals surface area (Å²) in [5.41, 5.74) is 5.14. The average molecular weight is 225 g/mol. The first kappa shape index (κ1) is 9.92. The Morgan fingerprint density at radius 3 is 2.87 bits per heavy atom. The van der Waals surface area contributed by atoms with Crippen LogP contribution >= 0.6 is 11.3 Å². The van der Waals surface area contributed by atoms with E-state index in [1.54, 1.807) is 12.1 Å². The summed E-state index contributed by atoms with van der Waals surface area (Å²) in [6, 6.07) is 4.53. The fourth-order valence-electron chi connectivity index (χ4n) is 1.37. The molecule has 0 saturated carbocycles. The second-order valence-electron chi connectivity index (χ2n) is 2.97. The van der Waals surface area contributed by atoms with Crippen molar-refractivity contribution in [3.05, 3.63) is 28.9 Å². The van der Waals surface area contributed by atoms with E-state index in [4.69, 9.17) is 10.5 Å². The van der Waals surface area contributed by atoms with E-state index in [-0.39, 0.29) is 5.75 Å². The molecule has 0 fully saturated rings. The van der Waals surface area contributed by atoms with Gasteiger partial charge in [-0.2, -0.15) is 0 Å². The average Bonchev–Trinajstić information content (AvgIpc) is 2.61. The minimum absolute atomic E-state index is 0.157. The Balaban J connectivity index is 2.75. The minimum Gasteiger partial charge on any atom is -0.492 e. The SMILES string of the molecule is COc1c(F)ccc2cc(C(N)=O)sc12. The van der Waals surface area contributed by atoms with E-state index in [1.165, 1.54) is 13.2 Å². The number of thiophene rings is 1. The van der Waals surface area contributed by atoms with Crippen molar-refractivity contribution < 1.29 is 13.9 Å². The molecule has 0 unspecified atom stereocenters. The Kier molecular flexibility index (Phi) is 2.32. The molecule has 0 radical (unpaired) electrons. The lowest BCUT2D eigenvalue weighted by Gasteiger charge is -2.01. The monoisotopic (exact) mass is 225 g/mol. The van der Waals surface area contributed by atoms with Crippen molar-refractivity contribution in [1.29, 1.82) is 0 Å². The fraction of sp³-hybridized carbons (Fsp3) is 0.100. The summed E-state index contributed by atoms with van der Waals surface area (Å²) in [6.45, 7) is 0. The summed E-state index contributed by atoms with van der Waals surface area (Å²) in [5, 5.41) is 0.757. The van der Waals surface area contributed by atoms with E-state index in [1.807, 2.05) is 0 Å². The van der Waals surface area contributed by atoms with Gasteiger partial charge in [0.2, 0.25) is 0 Å². The van der Waals surface area contributed by atoms with Gasteiger partial charge in [-0.05, 0) is 17.5 Å². The number of rotatable bonds is 2. The number of halogens is 1. The van der Waals surface area contributed by atoms with Crippen LogP contribution in [-0.2, 0) is 0 Å². The maximum Gasteiger partial charge on any atom is 0.258 e. The molecule has 2 rings (SSSR count). The third kappa shape index (κ3) is 1.55. The van der Waals surface area contributed by atoms with Crippen molar-refractivity contribution >= 4 is 27.3 Å². The molecule has 1 aromatic carbocycles. The maximum atomic E-state index is 13.3. The van der Waals surface area contributed by atoms with Crippen LogP contribution in [0.25, 0.3) is 10.1 Å². The highest BCUT2D eigenvalue weighted by Gasteiger charge is 2.13. The van der Waals surface area contributed by atoms with E-state index in [0.717, 1.165) is 16.7 Å². The molecule has 3 nitrogen and oxygen atoms in total. The highest BCUT2D eigenvalue weighted by Crippen LogP contribution is 2.35. The van der Waals surface area contributed by atoms with Crippen LogP contribution in [-0.4, -0.2) is 13.0 Å². The second-order valence-corrected chi connectivity index (χ2v) is 4.03. The normalized spacial score (nSPS) is 10.5. The summed E-state index contributed by atoms with van der Waals surface area (Å²) in [7, 11) is 1.39. The van der Waals surface area contributed by atoms with Crippen LogP contribution in [0.1, 0.15) is 9.67 Å². The number of amides is 1. The highest BCUT2D eigenvalue weighted by molar-refractivity contribution is 7.21. The summed E-state index contributed by atoms with van der Waals surface area (Å²) in [4.78, 5) is 11.4. The number of carbonyl (C=O) groups excluding carboxylic acids is 1. The highest BCUT2D eigenvalue weighted by atomic mass is 32.1. The number of nitrogens with two attached hydrogens (primary N) is 1. The molecule has 0 spiro atoms. The lowest BCUT2D eigenvalue weighted by Crippen LogP contribution is -2.07. The van der Waals surface area contributed by atoms with Crippen LogP contribution in [0.15, 0.2) is 18.2 Å². The zero-order valence-electron chi connectivity index (χ0n) is 7.91. The molecule has 2 N–H and O–H groups in total. The molecular weight excluding hydrogens is 217 g/mol. The van der Waals surface area contributed by atoms with Crippen LogP contribution in [0.4, 0.5) is 4.39 Å². The van der Waals surface area contributed by atoms with E-state index >= 15 is 0 Å². The van der Waals surface area contributed by atoms with Gasteiger partial charge in [0.25, 0.3) is 5.91 Å². The topological polar surface area (TPSA) is 52.3 Å². The molecular formula is C10H8FNO2S. The van der Waals surface area contributed by atoms with Gasteiger partial charge in [-0.3, -0.25) is 4.79 Å². The van der Waals surface area contributed by atoms with E-state index in [0.29, 0.717) is 9.58 Å². The van der Waals surface area contributed by atoms with Crippen LogP contribution < -0.4 is 10.5 Å². The number of hydrogen-bond acceptors (Lipinski definition) is 3. The number of ether oxygens (including phenoxy) is 1. The molecule has 15 heavy (non-hydrogen) atoms. The molecule has 0 aliphatic carbocycles. The predicted octanol–water partition coefficient (Wildman–Crippen LogP) is 2.15. The lowest BCUT2D eigenvalue weighted by molar-refractivity contribution is 0.100. The van der Waals surface area contributed by atoms with Crippen molar-refractivity contribution in [3.63, 3.8) is 0 Å². The molecule has 1 aromatic heterocycles. The van der Waals surface area contributed by atoms with Crippen LogP contribution in [0.2, 0.25) is 0 Å². The van der Waals surface area contributed by atoms with Gasteiger partial charge in [-0.1, -0.05) is 6.07 Å². The van der Waals surface area contributed by atoms with Gasteiger partial charge in [0.05, 0.1) is 16.7 Å². The molecule has 0 aliphatic heterocycles. The van der Waals surface area contributed by atoms with Gasteiger partial charge >= 0.3 is 0 Å². The Hall–Kier alpha value is -1.62. The molecule has 0 atom stereocenters. The molecule has 0 aliphatic rings. The van der Waals surface area contributed by atoms with Gasteiger partial charge in [0, 0.05) is 0 Å². The summed E-state index contributed by atoms with van der Waals surface area (Å²) >= 11 is 1.13. The number of benzene rings is 1. The lowest BCUT2D eigenvalue weighted by atomic mass is 10.2. The molecule has 1 heterocycles. The van der Waals surface area contributed by atoms with Crippen molar-refractivity contribution in [2.24, 2.45) is 5.73 Å². The Morgan fingerprint density at radius 1 is 1.53 bits per heavy atom. The number of carbonyl (C=O) groups is 1. The second kappa shape index (κ2) is 3.51. The number of methoxy groups -OCH3 is 1. The largest absolute Gasteiger partial charge is 0.492 e. The smallest absolute Gasteiger partial charge is 0.258 e. The molecule has 1 amide bonds. The van der Waals surface area contributed by atoms with Crippen LogP contribution in [0.5, 0.6) is 5.75 Å². The van der Waals surface area contributed by atoms with Crippen molar-refractivity contribution in [2.45, 2.75) is 0 Å². The Bertz CT molecular complexity index is 535. The van der Waals surface area contributed by atoms with Gasteiger partial charge in [0.15, 0.2) is 11.6 Å². The van der Waals surface area contributed by atoms with Crippen LogP contribution in [0.3, 0.4) is 0 Å². The summed E-state index contributed by atoms with van der Waals surface area (Å²) in [6.07, 6.45) is 0. The third-order valence-corrected chi connectivity index (χ3v) is 3.20. The summed E-state index contributed by atoms with van der Waals surface area (Å²) in [5.74, 6) is -0.800. The number of primary amides is 1. The van der Waals surface area contributed by atoms with E-state index < -0.39 is 11.7 Å². The van der Waals surface area contributed by atoms with Gasteiger partial charge in [0.1, 0.15) is 0 Å². The molecule has 0 bridgehead atoms. The first-order valence-electron chi connectivity index (χ1n) is 4.19. The molecule has 0 saturated heterocycles. The Morgan fingerprint density at radius 2 is 2.27 bits per heavy atom. The zero-order valence-corrected chi connectivity index (χ0v) is 8.73. The minimum atomic E-state index is -0.515. The molecule has 2 aromatic rings. The Labute approximate surface area is 89.3 Å². The van der Waals surface area contributed by atoms with Gasteiger partial charge in [-0.15, -0.1) is 11.3 Å². The van der Waals surface area contributed by atoms with E-state index in [9.17, 15) is 9.18 Å². The third-order valence-electron chi connectivity index (χ3n) is 2.04. The number of fused-ring (bicyclic) bond motifs is 1. The molecule has 78 valence electrons. The van der Waals surface area contributed by atoms with Gasteiger partial charge < -0.3 is 10.5 Å². The van der Waals surface area contributed by atoms with Crippen molar-refractivity contribution in [1.82, 2.24) is 0 Å². The quantitative estimate of drug-likeness (QED) is 0.851. The first-order valence-corrected chi connectivity index (χ1v) is 5.01. The predicted molar refractivity (Wildman–Crippen MR) is 56.9 cm³/mol.